The van der Waals surface area contributed by atoms with Gasteiger partial charge in [-0.05, 0) is 31.0 Å². The van der Waals surface area contributed by atoms with Gasteiger partial charge in [-0.25, -0.2) is 9.97 Å². The molecule has 0 aliphatic carbocycles. The van der Waals surface area contributed by atoms with Crippen LogP contribution in [0.4, 0.5) is 5.95 Å². The first kappa shape index (κ1) is 14.5. The van der Waals surface area contributed by atoms with E-state index in [1.165, 1.54) is 23.7 Å². The highest BCUT2D eigenvalue weighted by molar-refractivity contribution is 8.00. The molecule has 0 unspecified atom stereocenters. The lowest BCUT2D eigenvalue weighted by atomic mass is 10.0. The van der Waals surface area contributed by atoms with E-state index in [0.29, 0.717) is 21.8 Å². The normalized spacial score (nSPS) is 11.0. The second-order valence-corrected chi connectivity index (χ2v) is 5.96. The van der Waals surface area contributed by atoms with E-state index in [4.69, 9.17) is 5.73 Å². The zero-order chi connectivity index (χ0) is 15.7. The number of hydrogen-bond donors (Lipinski definition) is 2. The summed E-state index contributed by atoms with van der Waals surface area (Å²) in [6, 6.07) is 5.73. The molecule has 3 rings (SSSR count). The van der Waals surface area contributed by atoms with Crippen LogP contribution in [0.1, 0.15) is 21.5 Å². The molecule has 2 aromatic heterocycles. The molecule has 0 fully saturated rings. The number of rotatable bonds is 4. The van der Waals surface area contributed by atoms with Gasteiger partial charge in [0.25, 0.3) is 0 Å². The minimum Gasteiger partial charge on any atom is -0.368 e. The molecule has 2 heterocycles. The molecule has 0 bridgehead atoms. The highest BCUT2D eigenvalue weighted by Crippen LogP contribution is 2.24. The second kappa shape index (κ2) is 5.76. The minimum absolute atomic E-state index is 0.0537. The number of aromatic amines is 1. The van der Waals surface area contributed by atoms with Crippen molar-refractivity contribution in [2.45, 2.75) is 18.9 Å². The third-order valence-electron chi connectivity index (χ3n) is 3.44. The minimum atomic E-state index is 0.0537. The van der Waals surface area contributed by atoms with Crippen LogP contribution in [0.25, 0.3) is 11.2 Å². The molecule has 0 aliphatic rings. The number of anilines is 1. The lowest BCUT2D eigenvalue weighted by molar-refractivity contribution is 0.102. The Balaban J connectivity index is 1.80. The number of imidazole rings is 1. The molecule has 0 aliphatic heterocycles. The summed E-state index contributed by atoms with van der Waals surface area (Å²) in [5, 5.41) is 0.636. The summed E-state index contributed by atoms with van der Waals surface area (Å²) < 4.78 is 0. The molecule has 0 spiro atoms. The van der Waals surface area contributed by atoms with Gasteiger partial charge in [0.15, 0.2) is 11.4 Å². The molecule has 0 atom stereocenters. The monoisotopic (exact) mass is 313 g/mol. The van der Waals surface area contributed by atoms with Gasteiger partial charge in [0.2, 0.25) is 5.95 Å². The lowest BCUT2D eigenvalue weighted by Gasteiger charge is -2.05. The van der Waals surface area contributed by atoms with Crippen LogP contribution in [0, 0.1) is 13.8 Å². The van der Waals surface area contributed by atoms with Crippen LogP contribution in [0.3, 0.4) is 0 Å². The number of nitrogens with two attached hydrogens (primary N) is 1. The summed E-state index contributed by atoms with van der Waals surface area (Å²) in [5.74, 6) is 0.492. The Morgan fingerprint density at radius 1 is 1.27 bits per heavy atom. The molecule has 112 valence electrons. The third-order valence-corrected chi connectivity index (χ3v) is 4.41. The van der Waals surface area contributed by atoms with Crippen LogP contribution < -0.4 is 5.73 Å². The van der Waals surface area contributed by atoms with Crippen LogP contribution >= 0.6 is 11.8 Å². The molecule has 0 amide bonds. The van der Waals surface area contributed by atoms with Crippen LogP contribution in [0.5, 0.6) is 0 Å². The predicted molar refractivity (Wildman–Crippen MR) is 87.1 cm³/mol. The van der Waals surface area contributed by atoms with Gasteiger partial charge in [-0.3, -0.25) is 4.79 Å². The zero-order valence-corrected chi connectivity index (χ0v) is 13.1. The third kappa shape index (κ3) is 2.80. The maximum absolute atomic E-state index is 12.3. The van der Waals surface area contributed by atoms with Crippen molar-refractivity contribution in [3.63, 3.8) is 0 Å². The maximum Gasteiger partial charge on any atom is 0.223 e. The van der Waals surface area contributed by atoms with E-state index in [-0.39, 0.29) is 17.5 Å². The lowest BCUT2D eigenvalue weighted by Crippen LogP contribution is -2.04. The first-order valence-corrected chi connectivity index (χ1v) is 7.73. The predicted octanol–water partition coefficient (Wildman–Crippen LogP) is 2.53. The van der Waals surface area contributed by atoms with Gasteiger partial charge in [0.1, 0.15) is 10.5 Å². The average Bonchev–Trinajstić information content (AvgIpc) is 2.95. The van der Waals surface area contributed by atoms with Gasteiger partial charge in [-0.1, -0.05) is 23.9 Å². The molecule has 0 radical (unpaired) electrons. The number of thioether (sulfide) groups is 1. The first-order valence-electron chi connectivity index (χ1n) is 6.74. The Hall–Kier alpha value is -2.41. The Morgan fingerprint density at radius 3 is 2.86 bits per heavy atom. The number of nitrogens with one attached hydrogen (secondary N) is 1. The Labute approximate surface area is 131 Å². The van der Waals surface area contributed by atoms with Crippen molar-refractivity contribution >= 4 is 34.7 Å². The van der Waals surface area contributed by atoms with Crippen LogP contribution in [0.2, 0.25) is 0 Å². The number of H-pyrrole nitrogens is 1. The van der Waals surface area contributed by atoms with Crippen molar-refractivity contribution in [1.82, 2.24) is 19.9 Å². The number of aryl methyl sites for hydroxylation is 2. The number of carbonyl (C=O) groups is 1. The molecule has 22 heavy (non-hydrogen) atoms. The maximum atomic E-state index is 12.3. The highest BCUT2D eigenvalue weighted by atomic mass is 32.2. The van der Waals surface area contributed by atoms with Crippen molar-refractivity contribution < 1.29 is 4.79 Å². The van der Waals surface area contributed by atoms with Crippen LogP contribution in [-0.2, 0) is 0 Å². The standard InChI is InChI=1S/C15H15N5OS/c1-8-3-4-10(5-9(8)2)11(21)6-22-14-12-13(18-7-17-12)19-15(16)20-14/h3-5,7H,6H2,1-2H3,(H3,16,17,18,19,20). The molecule has 0 saturated heterocycles. The summed E-state index contributed by atoms with van der Waals surface area (Å²) in [4.78, 5) is 27.6. The number of fused-ring (bicyclic) bond motifs is 1. The summed E-state index contributed by atoms with van der Waals surface area (Å²) in [6.07, 6.45) is 1.54. The van der Waals surface area contributed by atoms with Crippen molar-refractivity contribution in [3.8, 4) is 0 Å². The fourth-order valence-corrected chi connectivity index (χ4v) is 2.95. The first-order chi connectivity index (χ1) is 10.5. The van der Waals surface area contributed by atoms with Gasteiger partial charge in [0, 0.05) is 5.56 Å². The summed E-state index contributed by atoms with van der Waals surface area (Å²) in [7, 11) is 0. The van der Waals surface area contributed by atoms with Gasteiger partial charge in [-0.2, -0.15) is 4.98 Å². The molecule has 1 aromatic carbocycles. The number of carbonyl (C=O) groups excluding carboxylic acids is 1. The zero-order valence-electron chi connectivity index (χ0n) is 12.3. The van der Waals surface area contributed by atoms with Crippen molar-refractivity contribution in [3.05, 3.63) is 41.2 Å². The fraction of sp³-hybridized carbons (Fsp3) is 0.200. The van der Waals surface area contributed by atoms with Gasteiger partial charge < -0.3 is 10.7 Å². The highest BCUT2D eigenvalue weighted by Gasteiger charge is 2.13. The number of hydrogen-bond acceptors (Lipinski definition) is 6. The SMILES string of the molecule is Cc1ccc(C(=O)CSc2nc(N)nc3nc[nH]c23)cc1C. The number of ketones is 1. The van der Waals surface area contributed by atoms with Crippen molar-refractivity contribution in [1.29, 1.82) is 0 Å². The van der Waals surface area contributed by atoms with Crippen LogP contribution in [-0.4, -0.2) is 31.5 Å². The molecular formula is C15H15N5OS. The molecule has 7 heteroatoms. The van der Waals surface area contributed by atoms with E-state index >= 15 is 0 Å². The average molecular weight is 313 g/mol. The van der Waals surface area contributed by atoms with Crippen molar-refractivity contribution in [2.24, 2.45) is 0 Å². The van der Waals surface area contributed by atoms with Gasteiger partial charge in [-0.15, -0.1) is 0 Å². The number of aromatic nitrogens is 4. The Kier molecular flexibility index (Phi) is 3.81. The number of nitrogen functional groups attached to an aromatic ring is 1. The van der Waals surface area contributed by atoms with E-state index in [1.54, 1.807) is 0 Å². The second-order valence-electron chi connectivity index (χ2n) is 5.00. The summed E-state index contributed by atoms with van der Waals surface area (Å²) in [6.45, 7) is 4.02. The molecule has 0 saturated carbocycles. The number of nitrogens with zero attached hydrogens (tertiary/aromatic N) is 3. The summed E-state index contributed by atoms with van der Waals surface area (Å²) >= 11 is 1.33. The molecule has 3 aromatic rings. The van der Waals surface area contributed by atoms with E-state index in [0.717, 1.165) is 5.56 Å². The molecule has 3 N–H and O–H groups in total. The fourth-order valence-electron chi connectivity index (χ4n) is 2.06. The largest absolute Gasteiger partial charge is 0.368 e. The molecular weight excluding hydrogens is 298 g/mol. The van der Waals surface area contributed by atoms with Crippen molar-refractivity contribution in [2.75, 3.05) is 11.5 Å². The van der Waals surface area contributed by atoms with E-state index in [9.17, 15) is 4.79 Å². The molecule has 6 nitrogen and oxygen atoms in total. The topological polar surface area (TPSA) is 97.6 Å². The summed E-state index contributed by atoms with van der Waals surface area (Å²) in [5.41, 5.74) is 9.86. The van der Waals surface area contributed by atoms with Gasteiger partial charge >= 0.3 is 0 Å². The quantitative estimate of drug-likeness (QED) is 0.436. The van der Waals surface area contributed by atoms with E-state index in [2.05, 4.69) is 19.9 Å². The number of benzene rings is 1. The van der Waals surface area contributed by atoms with E-state index in [1.807, 2.05) is 32.0 Å². The smallest absolute Gasteiger partial charge is 0.223 e. The number of Topliss-reactive ketones (excluding diaryl/α,β-unsaturated/α-hetero) is 1. The Bertz CT molecular complexity index is 858. The van der Waals surface area contributed by atoms with Gasteiger partial charge in [0.05, 0.1) is 12.1 Å². The Morgan fingerprint density at radius 2 is 2.09 bits per heavy atom. The van der Waals surface area contributed by atoms with Crippen LogP contribution in [0.15, 0.2) is 29.6 Å². The van der Waals surface area contributed by atoms with E-state index < -0.39 is 0 Å².